The van der Waals surface area contributed by atoms with Crippen LogP contribution in [0.2, 0.25) is 0 Å². The molecule has 2 aromatic rings. The summed E-state index contributed by atoms with van der Waals surface area (Å²) >= 11 is 0. The standard InChI is InChI=1S/C21H23FN2O2/c1-14-3-6-18(9-15(14)2)21(26)23-11-17-10-20(25)24(13-17)12-16-4-7-19(22)8-5-16/h3-9,17H,10-13H2,1-2H3,(H,23,26). The summed E-state index contributed by atoms with van der Waals surface area (Å²) in [5.74, 6) is -0.232. The van der Waals surface area contributed by atoms with Crippen molar-refractivity contribution in [2.45, 2.75) is 26.8 Å². The molecule has 0 bridgehead atoms. The van der Waals surface area contributed by atoms with Crippen molar-refractivity contribution in [1.29, 1.82) is 0 Å². The first-order valence-corrected chi connectivity index (χ1v) is 8.80. The summed E-state index contributed by atoms with van der Waals surface area (Å²) < 4.78 is 13.0. The molecule has 1 heterocycles. The third-order valence-corrected chi connectivity index (χ3v) is 4.90. The molecule has 4 nitrogen and oxygen atoms in total. The minimum absolute atomic E-state index is 0.0692. The average Bonchev–Trinajstić information content (AvgIpc) is 2.97. The van der Waals surface area contributed by atoms with Gasteiger partial charge in [0.2, 0.25) is 5.91 Å². The Kier molecular flexibility index (Phi) is 5.35. The molecule has 1 N–H and O–H groups in total. The van der Waals surface area contributed by atoms with Crippen LogP contribution in [-0.2, 0) is 11.3 Å². The van der Waals surface area contributed by atoms with Gasteiger partial charge in [0.15, 0.2) is 0 Å². The van der Waals surface area contributed by atoms with E-state index in [1.165, 1.54) is 12.1 Å². The molecule has 136 valence electrons. The summed E-state index contributed by atoms with van der Waals surface area (Å²) in [4.78, 5) is 26.3. The fourth-order valence-electron chi connectivity index (χ4n) is 3.18. The van der Waals surface area contributed by atoms with Crippen LogP contribution in [0.1, 0.15) is 33.5 Å². The smallest absolute Gasteiger partial charge is 0.251 e. The van der Waals surface area contributed by atoms with Crippen LogP contribution in [-0.4, -0.2) is 29.8 Å². The Balaban J connectivity index is 1.53. The Hall–Kier alpha value is -2.69. The monoisotopic (exact) mass is 354 g/mol. The van der Waals surface area contributed by atoms with Gasteiger partial charge in [-0.05, 0) is 54.8 Å². The molecule has 1 aliphatic rings. The number of likely N-dealkylation sites (tertiary alicyclic amines) is 1. The summed E-state index contributed by atoms with van der Waals surface area (Å²) in [6, 6.07) is 11.8. The Labute approximate surface area is 153 Å². The minimum Gasteiger partial charge on any atom is -0.352 e. The third-order valence-electron chi connectivity index (χ3n) is 4.90. The highest BCUT2D eigenvalue weighted by Gasteiger charge is 2.29. The van der Waals surface area contributed by atoms with Gasteiger partial charge in [-0.25, -0.2) is 4.39 Å². The largest absolute Gasteiger partial charge is 0.352 e. The molecule has 2 aromatic carbocycles. The number of nitrogens with one attached hydrogen (secondary N) is 1. The number of nitrogens with zero attached hydrogens (tertiary/aromatic N) is 1. The highest BCUT2D eigenvalue weighted by atomic mass is 19.1. The van der Waals surface area contributed by atoms with Crippen LogP contribution in [0.5, 0.6) is 0 Å². The highest BCUT2D eigenvalue weighted by Crippen LogP contribution is 2.20. The lowest BCUT2D eigenvalue weighted by Gasteiger charge is -2.17. The molecule has 0 radical (unpaired) electrons. The second-order valence-electron chi connectivity index (χ2n) is 6.98. The molecule has 1 unspecified atom stereocenters. The lowest BCUT2D eigenvalue weighted by Crippen LogP contribution is -2.31. The molecule has 5 heteroatoms. The second-order valence-corrected chi connectivity index (χ2v) is 6.98. The maximum atomic E-state index is 13.0. The zero-order chi connectivity index (χ0) is 18.7. The number of amides is 2. The molecule has 1 saturated heterocycles. The van der Waals surface area contributed by atoms with E-state index in [1.54, 1.807) is 17.0 Å². The molecule has 1 aliphatic heterocycles. The van der Waals surface area contributed by atoms with Crippen LogP contribution in [0.15, 0.2) is 42.5 Å². The molecule has 1 atom stereocenters. The number of hydrogen-bond donors (Lipinski definition) is 1. The lowest BCUT2D eigenvalue weighted by molar-refractivity contribution is -0.128. The fraction of sp³-hybridized carbons (Fsp3) is 0.333. The van der Waals surface area contributed by atoms with Crippen LogP contribution in [0.3, 0.4) is 0 Å². The van der Waals surface area contributed by atoms with Crippen molar-refractivity contribution < 1.29 is 14.0 Å². The van der Waals surface area contributed by atoms with E-state index in [0.29, 0.717) is 31.6 Å². The van der Waals surface area contributed by atoms with Gasteiger partial charge in [0.1, 0.15) is 5.82 Å². The highest BCUT2D eigenvalue weighted by molar-refractivity contribution is 5.94. The number of benzene rings is 2. The number of carbonyl (C=O) groups is 2. The predicted molar refractivity (Wildman–Crippen MR) is 98.2 cm³/mol. The van der Waals surface area contributed by atoms with E-state index < -0.39 is 0 Å². The van der Waals surface area contributed by atoms with Crippen molar-refractivity contribution in [1.82, 2.24) is 10.2 Å². The number of carbonyl (C=O) groups excluding carboxylic acids is 2. The van der Waals surface area contributed by atoms with E-state index in [1.807, 2.05) is 32.0 Å². The van der Waals surface area contributed by atoms with Gasteiger partial charge < -0.3 is 10.2 Å². The maximum absolute atomic E-state index is 13.0. The van der Waals surface area contributed by atoms with Gasteiger partial charge >= 0.3 is 0 Å². The fourth-order valence-corrected chi connectivity index (χ4v) is 3.18. The van der Waals surface area contributed by atoms with Gasteiger partial charge in [0, 0.05) is 37.5 Å². The number of rotatable bonds is 5. The van der Waals surface area contributed by atoms with Crippen molar-refractivity contribution in [2.24, 2.45) is 5.92 Å². The molecular formula is C21H23FN2O2. The summed E-state index contributed by atoms with van der Waals surface area (Å²) in [6.45, 7) is 5.54. The molecule has 0 spiro atoms. The molecule has 0 saturated carbocycles. The van der Waals surface area contributed by atoms with Crippen LogP contribution in [0.25, 0.3) is 0 Å². The topological polar surface area (TPSA) is 49.4 Å². The summed E-state index contributed by atoms with van der Waals surface area (Å²) in [6.07, 6.45) is 0.425. The van der Waals surface area contributed by atoms with Gasteiger partial charge in [-0.3, -0.25) is 9.59 Å². The third kappa shape index (κ3) is 4.28. The average molecular weight is 354 g/mol. The summed E-state index contributed by atoms with van der Waals surface area (Å²) in [7, 11) is 0. The first-order valence-electron chi connectivity index (χ1n) is 8.80. The van der Waals surface area contributed by atoms with Crippen LogP contribution in [0, 0.1) is 25.6 Å². The normalized spacial score (nSPS) is 16.8. The van der Waals surface area contributed by atoms with E-state index in [2.05, 4.69) is 5.32 Å². The lowest BCUT2D eigenvalue weighted by atomic mass is 10.1. The molecule has 0 aromatic heterocycles. The van der Waals surface area contributed by atoms with Crippen molar-refractivity contribution in [3.05, 3.63) is 70.5 Å². The maximum Gasteiger partial charge on any atom is 0.251 e. The van der Waals surface area contributed by atoms with Crippen molar-refractivity contribution in [3.63, 3.8) is 0 Å². The SMILES string of the molecule is Cc1ccc(C(=O)NCC2CC(=O)N(Cc3ccc(F)cc3)C2)cc1C. The van der Waals surface area contributed by atoms with Gasteiger partial charge in [0.25, 0.3) is 5.91 Å². The minimum atomic E-state index is -0.284. The Morgan fingerprint density at radius 1 is 1.15 bits per heavy atom. The number of hydrogen-bond acceptors (Lipinski definition) is 2. The summed E-state index contributed by atoms with van der Waals surface area (Å²) in [5, 5.41) is 2.93. The molecule has 1 fully saturated rings. The molecule has 0 aliphatic carbocycles. The van der Waals surface area contributed by atoms with Crippen molar-refractivity contribution in [2.75, 3.05) is 13.1 Å². The van der Waals surface area contributed by atoms with Crippen molar-refractivity contribution in [3.8, 4) is 0 Å². The molecular weight excluding hydrogens is 331 g/mol. The van der Waals surface area contributed by atoms with Gasteiger partial charge in [-0.1, -0.05) is 18.2 Å². The van der Waals surface area contributed by atoms with Crippen LogP contribution >= 0.6 is 0 Å². The Morgan fingerprint density at radius 3 is 2.58 bits per heavy atom. The first-order chi connectivity index (χ1) is 12.4. The van der Waals surface area contributed by atoms with Crippen LogP contribution in [0.4, 0.5) is 4.39 Å². The molecule has 2 amide bonds. The van der Waals surface area contributed by atoms with Gasteiger partial charge in [-0.15, -0.1) is 0 Å². The predicted octanol–water partition coefficient (Wildman–Crippen LogP) is 3.22. The van der Waals surface area contributed by atoms with Crippen molar-refractivity contribution >= 4 is 11.8 Å². The van der Waals surface area contributed by atoms with E-state index in [-0.39, 0.29) is 23.5 Å². The van der Waals surface area contributed by atoms with E-state index in [9.17, 15) is 14.0 Å². The van der Waals surface area contributed by atoms with E-state index >= 15 is 0 Å². The van der Waals surface area contributed by atoms with E-state index in [4.69, 9.17) is 0 Å². The number of halogens is 1. The van der Waals surface area contributed by atoms with Gasteiger partial charge in [-0.2, -0.15) is 0 Å². The second kappa shape index (κ2) is 7.68. The number of aryl methyl sites for hydroxylation is 2. The Morgan fingerprint density at radius 2 is 1.88 bits per heavy atom. The zero-order valence-corrected chi connectivity index (χ0v) is 15.1. The molecule has 3 rings (SSSR count). The van der Waals surface area contributed by atoms with Crippen LogP contribution < -0.4 is 5.32 Å². The van der Waals surface area contributed by atoms with Gasteiger partial charge in [0.05, 0.1) is 0 Å². The zero-order valence-electron chi connectivity index (χ0n) is 15.1. The van der Waals surface area contributed by atoms with E-state index in [0.717, 1.165) is 16.7 Å². The quantitative estimate of drug-likeness (QED) is 0.896. The summed E-state index contributed by atoms with van der Waals surface area (Å²) in [5.41, 5.74) is 3.78. The Bertz CT molecular complexity index is 817. The molecule has 26 heavy (non-hydrogen) atoms. The first kappa shape index (κ1) is 18.1.